The second-order valence-corrected chi connectivity index (χ2v) is 16.8. The van der Waals surface area contributed by atoms with Crippen LogP contribution in [-0.2, 0) is 18.4 Å². The molecular weight excluding hydrogens is 635 g/mol. The van der Waals surface area contributed by atoms with Crippen molar-refractivity contribution in [3.8, 4) is 0 Å². The van der Waals surface area contributed by atoms with E-state index in [1.165, 1.54) is 116 Å². The zero-order valence-corrected chi connectivity index (χ0v) is 33.8. The molecule has 3 N–H and O–H groups in total. The highest BCUT2D eigenvalue weighted by atomic mass is 31.2. The van der Waals surface area contributed by atoms with Crippen LogP contribution in [0.1, 0.15) is 187 Å². The van der Waals surface area contributed by atoms with Gasteiger partial charge in [-0.1, -0.05) is 154 Å². The average molecular weight is 718 g/mol. The van der Waals surface area contributed by atoms with Crippen molar-refractivity contribution < 1.29 is 32.9 Å². The summed E-state index contributed by atoms with van der Waals surface area (Å²) >= 11 is 0. The number of phosphoric ester groups is 1. The lowest BCUT2D eigenvalue weighted by Crippen LogP contribution is -2.46. The Labute approximate surface area is 303 Å². The fourth-order valence-corrected chi connectivity index (χ4v) is 6.66. The van der Waals surface area contributed by atoms with E-state index in [-0.39, 0.29) is 19.1 Å². The van der Waals surface area contributed by atoms with E-state index in [4.69, 9.17) is 9.05 Å². The van der Waals surface area contributed by atoms with Gasteiger partial charge < -0.3 is 19.8 Å². The first-order valence-corrected chi connectivity index (χ1v) is 22.0. The number of carbonyl (C=O) groups excluding carboxylic acids is 1. The van der Waals surface area contributed by atoms with Crippen LogP contribution in [-0.4, -0.2) is 73.4 Å². The van der Waals surface area contributed by atoms with Crippen LogP contribution in [0.15, 0.2) is 12.2 Å². The van der Waals surface area contributed by atoms with Gasteiger partial charge in [-0.25, -0.2) is 4.57 Å². The molecule has 49 heavy (non-hydrogen) atoms. The van der Waals surface area contributed by atoms with E-state index in [2.05, 4.69) is 31.3 Å². The van der Waals surface area contributed by atoms with Crippen molar-refractivity contribution in [2.75, 3.05) is 40.9 Å². The molecule has 292 valence electrons. The third kappa shape index (κ3) is 35.4. The highest BCUT2D eigenvalue weighted by Gasteiger charge is 2.28. The normalized spacial score (nSPS) is 14.7. The van der Waals surface area contributed by atoms with Crippen molar-refractivity contribution in [3.05, 3.63) is 12.2 Å². The van der Waals surface area contributed by atoms with E-state index in [1.54, 1.807) is 0 Å². The molecule has 0 rings (SSSR count). The summed E-state index contributed by atoms with van der Waals surface area (Å²) in [5.41, 5.74) is 0. The van der Waals surface area contributed by atoms with Crippen LogP contribution in [0.5, 0.6) is 0 Å². The molecule has 0 heterocycles. The number of hydrogen-bond acceptors (Lipinski definition) is 5. The molecule has 3 atom stereocenters. The molecule has 0 spiro atoms. The van der Waals surface area contributed by atoms with Crippen molar-refractivity contribution in [1.29, 1.82) is 0 Å². The number of carbonyl (C=O) groups is 1. The number of hydrogen-bond donors (Lipinski definition) is 3. The van der Waals surface area contributed by atoms with Crippen LogP contribution < -0.4 is 5.32 Å². The lowest BCUT2D eigenvalue weighted by atomic mass is 10.0. The second kappa shape index (κ2) is 33.1. The van der Waals surface area contributed by atoms with Crippen molar-refractivity contribution in [1.82, 2.24) is 5.32 Å². The number of quaternary nitrogens is 1. The summed E-state index contributed by atoms with van der Waals surface area (Å²) in [5, 5.41) is 13.6. The molecule has 0 aromatic carbocycles. The first-order valence-electron chi connectivity index (χ1n) is 20.6. The number of likely N-dealkylation sites (N-methyl/N-ethyl adjacent to an activating group) is 1. The number of amides is 1. The molecule has 8 nitrogen and oxygen atoms in total. The number of nitrogens with zero attached hydrogens (tertiary/aromatic N) is 1. The minimum atomic E-state index is -4.29. The Bertz CT molecular complexity index is 819. The molecule has 9 heteroatoms. The molecule has 0 bridgehead atoms. The van der Waals surface area contributed by atoms with Gasteiger partial charge in [0, 0.05) is 6.42 Å². The smallest absolute Gasteiger partial charge is 0.391 e. The topological polar surface area (TPSA) is 105 Å². The van der Waals surface area contributed by atoms with Crippen LogP contribution in [0.25, 0.3) is 0 Å². The van der Waals surface area contributed by atoms with E-state index in [9.17, 15) is 19.4 Å². The molecule has 0 aromatic rings. The van der Waals surface area contributed by atoms with Crippen LogP contribution in [0, 0.1) is 0 Å². The number of phosphoric acid groups is 1. The molecule has 0 aliphatic carbocycles. The highest BCUT2D eigenvalue weighted by molar-refractivity contribution is 7.47. The number of allylic oxidation sites excluding steroid dienone is 2. The van der Waals surface area contributed by atoms with Crippen molar-refractivity contribution in [2.24, 2.45) is 0 Å². The largest absolute Gasteiger partial charge is 0.472 e. The van der Waals surface area contributed by atoms with Gasteiger partial charge >= 0.3 is 7.82 Å². The Kier molecular flexibility index (Phi) is 32.6. The number of rotatable bonds is 37. The molecule has 0 aliphatic rings. The Balaban J connectivity index is 3.98. The Morgan fingerprint density at radius 2 is 1.10 bits per heavy atom. The van der Waals surface area contributed by atoms with E-state index >= 15 is 0 Å². The molecule has 0 aliphatic heterocycles. The lowest BCUT2D eigenvalue weighted by Gasteiger charge is -2.26. The minimum absolute atomic E-state index is 0.0748. The predicted molar refractivity (Wildman–Crippen MR) is 208 cm³/mol. The van der Waals surface area contributed by atoms with Crippen molar-refractivity contribution in [2.45, 2.75) is 199 Å². The van der Waals surface area contributed by atoms with Gasteiger partial charge in [-0.15, -0.1) is 0 Å². The maximum Gasteiger partial charge on any atom is 0.472 e. The fraction of sp³-hybridized carbons (Fsp3) is 0.925. The summed E-state index contributed by atoms with van der Waals surface area (Å²) in [4.78, 5) is 22.8. The molecule has 0 saturated carbocycles. The van der Waals surface area contributed by atoms with Gasteiger partial charge in [0.1, 0.15) is 13.2 Å². The standard InChI is InChI=1S/C40H81N2O6P/c1-6-8-10-12-13-14-15-16-17-18-19-20-21-22-23-24-25-26-27-28-29-30-32-34-40(44)41-38(39(43)33-31-11-9-7-2)37-48-49(45,46)47-36-35-42(3,4)5/h18-19,38-39,43H,6-17,20-37H2,1-5H3,(H-,41,44,45,46)/p+1/b19-18-. The predicted octanol–water partition coefficient (Wildman–Crippen LogP) is 10.8. The third-order valence-electron chi connectivity index (χ3n) is 9.26. The highest BCUT2D eigenvalue weighted by Crippen LogP contribution is 2.43. The monoisotopic (exact) mass is 718 g/mol. The van der Waals surface area contributed by atoms with Crippen molar-refractivity contribution >= 4 is 13.7 Å². The number of nitrogens with one attached hydrogen (secondary N) is 1. The molecule has 0 aromatic heterocycles. The van der Waals surface area contributed by atoms with E-state index < -0.39 is 20.0 Å². The maximum absolute atomic E-state index is 12.7. The average Bonchev–Trinajstić information content (AvgIpc) is 3.04. The van der Waals surface area contributed by atoms with Gasteiger partial charge in [0.2, 0.25) is 5.91 Å². The van der Waals surface area contributed by atoms with Gasteiger partial charge in [0.05, 0.1) is 39.9 Å². The molecule has 3 unspecified atom stereocenters. The van der Waals surface area contributed by atoms with E-state index in [0.717, 1.165) is 44.9 Å². The quantitative estimate of drug-likeness (QED) is 0.0256. The van der Waals surface area contributed by atoms with Crippen LogP contribution in [0.3, 0.4) is 0 Å². The molecule has 0 saturated heterocycles. The van der Waals surface area contributed by atoms with Crippen LogP contribution in [0.4, 0.5) is 0 Å². The summed E-state index contributed by atoms with van der Waals surface area (Å²) in [7, 11) is 1.61. The van der Waals surface area contributed by atoms with Gasteiger partial charge in [-0.2, -0.15) is 0 Å². The fourth-order valence-electron chi connectivity index (χ4n) is 5.92. The van der Waals surface area contributed by atoms with Crippen LogP contribution >= 0.6 is 7.82 Å². The Morgan fingerprint density at radius 1 is 0.673 bits per heavy atom. The molecular formula is C40H82N2O6P+. The van der Waals surface area contributed by atoms with Gasteiger partial charge in [-0.3, -0.25) is 13.8 Å². The van der Waals surface area contributed by atoms with E-state index in [0.29, 0.717) is 23.9 Å². The zero-order valence-electron chi connectivity index (χ0n) is 32.9. The summed E-state index contributed by atoms with van der Waals surface area (Å²) in [6, 6.07) is -0.752. The summed E-state index contributed by atoms with van der Waals surface area (Å²) < 4.78 is 23.3. The third-order valence-corrected chi connectivity index (χ3v) is 10.2. The maximum atomic E-state index is 12.7. The molecule has 0 fully saturated rings. The number of aliphatic hydroxyl groups excluding tert-OH is 1. The first kappa shape index (κ1) is 48.2. The summed E-state index contributed by atoms with van der Waals surface area (Å²) in [5.74, 6) is -0.154. The lowest BCUT2D eigenvalue weighted by molar-refractivity contribution is -0.870. The second-order valence-electron chi connectivity index (χ2n) is 15.4. The minimum Gasteiger partial charge on any atom is -0.391 e. The Morgan fingerprint density at radius 3 is 1.57 bits per heavy atom. The van der Waals surface area contributed by atoms with Gasteiger partial charge in [0.15, 0.2) is 0 Å². The molecule has 0 radical (unpaired) electrons. The van der Waals surface area contributed by atoms with Crippen molar-refractivity contribution in [3.63, 3.8) is 0 Å². The summed E-state index contributed by atoms with van der Waals surface area (Å²) in [6.07, 6.45) is 35.9. The van der Waals surface area contributed by atoms with Gasteiger partial charge in [0.25, 0.3) is 0 Å². The molecule has 1 amide bonds. The number of unbranched alkanes of at least 4 members (excludes halogenated alkanes) is 22. The van der Waals surface area contributed by atoms with E-state index in [1.807, 2.05) is 21.1 Å². The SMILES string of the molecule is CCCCCCCCCC/C=C\CCCCCCCCCCCCCC(=O)NC(COP(=O)(O)OCC[N+](C)(C)C)C(O)CCCCCC. The van der Waals surface area contributed by atoms with Gasteiger partial charge in [-0.05, 0) is 38.5 Å². The Hall–Kier alpha value is -0.760. The zero-order chi connectivity index (χ0) is 36.5. The summed E-state index contributed by atoms with van der Waals surface area (Å²) in [6.45, 7) is 4.76. The number of aliphatic hydroxyl groups is 1. The first-order chi connectivity index (χ1) is 23.5. The van der Waals surface area contributed by atoms with Crippen LogP contribution in [0.2, 0.25) is 0 Å².